The average Bonchev–Trinajstić information content (AvgIpc) is 3.16. The maximum Gasteiger partial charge on any atom is 0.239 e. The van der Waals surface area contributed by atoms with Gasteiger partial charge in [0, 0.05) is 44.5 Å². The third-order valence-electron chi connectivity index (χ3n) is 5.24. The smallest absolute Gasteiger partial charge is 0.239 e. The summed E-state index contributed by atoms with van der Waals surface area (Å²) in [6.07, 6.45) is 3.91. The van der Waals surface area contributed by atoms with E-state index in [4.69, 9.17) is 0 Å². The fourth-order valence-electron chi connectivity index (χ4n) is 3.33. The molecule has 1 saturated heterocycles. The standard InChI is InChI=1S/C20H29N5O/c1-4-23-10-12-24(13-11-23)20(26)17(2)22(3)15-18-14-21-25(16-18)19-8-6-5-7-9-19/h5-9,14,16-17H,4,10-13,15H2,1-3H3. The van der Waals surface area contributed by atoms with E-state index in [9.17, 15) is 4.79 Å². The topological polar surface area (TPSA) is 44.6 Å². The molecular weight excluding hydrogens is 326 g/mol. The van der Waals surface area contributed by atoms with Crippen LogP contribution < -0.4 is 0 Å². The quantitative estimate of drug-likeness (QED) is 0.793. The van der Waals surface area contributed by atoms with Gasteiger partial charge in [0.2, 0.25) is 5.91 Å². The van der Waals surface area contributed by atoms with Crippen LogP contribution >= 0.6 is 0 Å². The van der Waals surface area contributed by atoms with Gasteiger partial charge in [0.1, 0.15) is 0 Å². The molecule has 26 heavy (non-hydrogen) atoms. The monoisotopic (exact) mass is 355 g/mol. The molecule has 1 aromatic heterocycles. The molecule has 3 rings (SSSR count). The highest BCUT2D eigenvalue weighted by Crippen LogP contribution is 2.12. The van der Waals surface area contributed by atoms with Gasteiger partial charge in [0.15, 0.2) is 0 Å². The van der Waals surface area contributed by atoms with Crippen molar-refractivity contribution in [3.8, 4) is 5.69 Å². The number of hydrogen-bond donors (Lipinski definition) is 0. The van der Waals surface area contributed by atoms with Crippen LogP contribution in [-0.2, 0) is 11.3 Å². The minimum atomic E-state index is -0.136. The van der Waals surface area contributed by atoms with E-state index in [1.807, 2.05) is 66.3 Å². The summed E-state index contributed by atoms with van der Waals surface area (Å²) in [6, 6.07) is 9.92. The van der Waals surface area contributed by atoms with Crippen LogP contribution in [0.4, 0.5) is 0 Å². The number of likely N-dealkylation sites (N-methyl/N-ethyl adjacent to an activating group) is 2. The van der Waals surface area contributed by atoms with E-state index < -0.39 is 0 Å². The number of rotatable bonds is 6. The van der Waals surface area contributed by atoms with Crippen LogP contribution in [0.2, 0.25) is 0 Å². The number of benzene rings is 1. The van der Waals surface area contributed by atoms with Gasteiger partial charge in [-0.25, -0.2) is 4.68 Å². The lowest BCUT2D eigenvalue weighted by Crippen LogP contribution is -2.53. The molecule has 2 aromatic rings. The molecule has 0 spiro atoms. The summed E-state index contributed by atoms with van der Waals surface area (Å²) in [4.78, 5) is 19.3. The van der Waals surface area contributed by atoms with Crippen molar-refractivity contribution in [1.82, 2.24) is 24.5 Å². The lowest BCUT2D eigenvalue weighted by molar-refractivity contribution is -0.137. The van der Waals surface area contributed by atoms with Crippen LogP contribution in [0.3, 0.4) is 0 Å². The summed E-state index contributed by atoms with van der Waals surface area (Å²) in [5.74, 6) is 0.221. The Labute approximate surface area is 156 Å². The van der Waals surface area contributed by atoms with Gasteiger partial charge in [-0.1, -0.05) is 25.1 Å². The molecule has 0 aliphatic carbocycles. The molecule has 140 valence electrons. The van der Waals surface area contributed by atoms with E-state index >= 15 is 0 Å². The zero-order chi connectivity index (χ0) is 18.5. The summed E-state index contributed by atoms with van der Waals surface area (Å²) < 4.78 is 1.87. The largest absolute Gasteiger partial charge is 0.339 e. The van der Waals surface area contributed by atoms with Crippen molar-refractivity contribution in [2.75, 3.05) is 39.8 Å². The van der Waals surface area contributed by atoms with E-state index in [0.717, 1.165) is 44.0 Å². The van der Waals surface area contributed by atoms with Gasteiger partial charge in [-0.05, 0) is 32.6 Å². The molecule has 1 aromatic carbocycles. The second-order valence-electron chi connectivity index (χ2n) is 6.98. The fraction of sp³-hybridized carbons (Fsp3) is 0.500. The van der Waals surface area contributed by atoms with Crippen molar-refractivity contribution in [2.45, 2.75) is 26.4 Å². The Morgan fingerprint density at radius 2 is 1.88 bits per heavy atom. The van der Waals surface area contributed by atoms with Crippen LogP contribution in [0.1, 0.15) is 19.4 Å². The van der Waals surface area contributed by atoms with E-state index in [1.165, 1.54) is 0 Å². The second-order valence-corrected chi connectivity index (χ2v) is 6.98. The van der Waals surface area contributed by atoms with Crippen LogP contribution in [0.25, 0.3) is 5.69 Å². The lowest BCUT2D eigenvalue weighted by Gasteiger charge is -2.37. The molecule has 1 aliphatic rings. The Bertz CT molecular complexity index is 706. The Morgan fingerprint density at radius 3 is 2.54 bits per heavy atom. The highest BCUT2D eigenvalue weighted by Gasteiger charge is 2.26. The Hall–Kier alpha value is -2.18. The first-order valence-corrected chi connectivity index (χ1v) is 9.39. The highest BCUT2D eigenvalue weighted by molar-refractivity contribution is 5.81. The van der Waals surface area contributed by atoms with Crippen molar-refractivity contribution >= 4 is 5.91 Å². The zero-order valence-corrected chi connectivity index (χ0v) is 16.0. The molecular formula is C20H29N5O. The summed E-state index contributed by atoms with van der Waals surface area (Å²) >= 11 is 0. The molecule has 0 saturated carbocycles. The number of amides is 1. The number of piperazine rings is 1. The van der Waals surface area contributed by atoms with Crippen LogP contribution in [-0.4, -0.2) is 76.2 Å². The molecule has 1 amide bonds. The maximum absolute atomic E-state index is 12.8. The number of aromatic nitrogens is 2. The molecule has 1 unspecified atom stereocenters. The Kier molecular flexibility index (Phi) is 6.06. The Morgan fingerprint density at radius 1 is 1.19 bits per heavy atom. The summed E-state index contributed by atoms with van der Waals surface area (Å²) in [7, 11) is 2.00. The summed E-state index contributed by atoms with van der Waals surface area (Å²) in [6.45, 7) is 9.54. The predicted octanol–water partition coefficient (Wildman–Crippen LogP) is 1.86. The van der Waals surface area contributed by atoms with Gasteiger partial charge in [0.25, 0.3) is 0 Å². The third kappa shape index (κ3) is 4.31. The molecule has 1 fully saturated rings. The van der Waals surface area contributed by atoms with Gasteiger partial charge in [-0.15, -0.1) is 0 Å². The van der Waals surface area contributed by atoms with Gasteiger partial charge < -0.3 is 9.80 Å². The molecule has 6 nitrogen and oxygen atoms in total. The van der Waals surface area contributed by atoms with E-state index in [0.29, 0.717) is 6.54 Å². The minimum Gasteiger partial charge on any atom is -0.339 e. The van der Waals surface area contributed by atoms with E-state index in [2.05, 4.69) is 21.8 Å². The fourth-order valence-corrected chi connectivity index (χ4v) is 3.33. The van der Waals surface area contributed by atoms with Crippen LogP contribution in [0, 0.1) is 0 Å². The van der Waals surface area contributed by atoms with Crippen LogP contribution in [0.15, 0.2) is 42.7 Å². The number of para-hydroxylation sites is 1. The zero-order valence-electron chi connectivity index (χ0n) is 16.0. The third-order valence-corrected chi connectivity index (χ3v) is 5.24. The average molecular weight is 355 g/mol. The molecule has 2 heterocycles. The van der Waals surface area contributed by atoms with Gasteiger partial charge in [-0.3, -0.25) is 9.69 Å². The number of carbonyl (C=O) groups is 1. The number of nitrogens with zero attached hydrogens (tertiary/aromatic N) is 5. The van der Waals surface area contributed by atoms with Gasteiger partial charge >= 0.3 is 0 Å². The number of hydrogen-bond acceptors (Lipinski definition) is 4. The van der Waals surface area contributed by atoms with Crippen molar-refractivity contribution in [3.63, 3.8) is 0 Å². The molecule has 1 atom stereocenters. The maximum atomic E-state index is 12.8. The SMILES string of the molecule is CCN1CCN(C(=O)C(C)N(C)Cc2cnn(-c3ccccc3)c2)CC1. The summed E-state index contributed by atoms with van der Waals surface area (Å²) in [5, 5.41) is 4.44. The van der Waals surface area contributed by atoms with Crippen molar-refractivity contribution in [3.05, 3.63) is 48.3 Å². The second kappa shape index (κ2) is 8.47. The van der Waals surface area contributed by atoms with Gasteiger partial charge in [-0.2, -0.15) is 5.10 Å². The first-order valence-electron chi connectivity index (χ1n) is 9.39. The first-order chi connectivity index (χ1) is 12.6. The van der Waals surface area contributed by atoms with Crippen molar-refractivity contribution in [1.29, 1.82) is 0 Å². The molecule has 6 heteroatoms. The predicted molar refractivity (Wildman–Crippen MR) is 103 cm³/mol. The highest BCUT2D eigenvalue weighted by atomic mass is 16.2. The molecule has 0 bridgehead atoms. The van der Waals surface area contributed by atoms with E-state index in [-0.39, 0.29) is 11.9 Å². The lowest BCUT2D eigenvalue weighted by atomic mass is 10.2. The van der Waals surface area contributed by atoms with Crippen molar-refractivity contribution < 1.29 is 4.79 Å². The van der Waals surface area contributed by atoms with E-state index in [1.54, 1.807) is 0 Å². The molecule has 0 radical (unpaired) electrons. The van der Waals surface area contributed by atoms with Crippen LogP contribution in [0.5, 0.6) is 0 Å². The normalized spacial score (nSPS) is 16.8. The van der Waals surface area contributed by atoms with Gasteiger partial charge in [0.05, 0.1) is 17.9 Å². The molecule has 1 aliphatic heterocycles. The number of carbonyl (C=O) groups excluding carboxylic acids is 1. The molecule has 0 N–H and O–H groups in total. The first kappa shape index (κ1) is 18.6. The minimum absolute atomic E-state index is 0.136. The van der Waals surface area contributed by atoms with Crippen molar-refractivity contribution in [2.24, 2.45) is 0 Å². The summed E-state index contributed by atoms with van der Waals surface area (Å²) in [5.41, 5.74) is 2.14. The Balaban J connectivity index is 1.57.